The third-order valence-corrected chi connectivity index (χ3v) is 6.81. The van der Waals surface area contributed by atoms with Gasteiger partial charge in [0.25, 0.3) is 21.6 Å². The van der Waals surface area contributed by atoms with Crippen molar-refractivity contribution in [2.45, 2.75) is 11.1 Å². The largest absolute Gasteiger partial charge is 0.417 e. The van der Waals surface area contributed by atoms with Crippen LogP contribution in [-0.4, -0.2) is 32.0 Å². The summed E-state index contributed by atoms with van der Waals surface area (Å²) in [5, 5.41) is 14.0. The first-order valence-corrected chi connectivity index (χ1v) is 11.7. The van der Waals surface area contributed by atoms with Gasteiger partial charge in [0, 0.05) is 6.07 Å². The number of nitrogens with one attached hydrogen (secondary N) is 1. The van der Waals surface area contributed by atoms with Crippen molar-refractivity contribution in [2.75, 3.05) is 10.8 Å². The number of amides is 1. The molecule has 188 valence electrons. The maximum absolute atomic E-state index is 13.4. The molecule has 0 aliphatic carbocycles. The fraction of sp³-hybridized carbons (Fsp3) is 0.0909. The molecule has 9 nitrogen and oxygen atoms in total. The molecular weight excluding hydrogens is 525 g/mol. The Labute approximate surface area is 208 Å². The lowest BCUT2D eigenvalue weighted by Gasteiger charge is -2.24. The van der Waals surface area contributed by atoms with Crippen LogP contribution in [0.5, 0.6) is 0 Å². The van der Waals surface area contributed by atoms with E-state index < -0.39 is 49.8 Å². The first-order valence-electron chi connectivity index (χ1n) is 9.91. The van der Waals surface area contributed by atoms with Gasteiger partial charge in [-0.05, 0) is 36.4 Å². The van der Waals surface area contributed by atoms with Gasteiger partial charge >= 0.3 is 6.18 Å². The van der Waals surface area contributed by atoms with Gasteiger partial charge in [-0.2, -0.15) is 18.3 Å². The van der Waals surface area contributed by atoms with Crippen molar-refractivity contribution in [1.29, 1.82) is 0 Å². The number of carbonyl (C=O) groups is 1. The fourth-order valence-electron chi connectivity index (χ4n) is 3.02. The molecule has 36 heavy (non-hydrogen) atoms. The van der Waals surface area contributed by atoms with E-state index in [4.69, 9.17) is 11.6 Å². The van der Waals surface area contributed by atoms with Crippen LogP contribution in [0.1, 0.15) is 11.1 Å². The standard InChI is InChI=1S/C22H16ClF3N4O5S/c23-19-11-10-16(12-18(19)22(24,25)26)29(36(34,35)17-7-2-1-3-8-17)14-21(31)28-27-13-15-6-4-5-9-20(15)30(32)33/h1-13H,14H2,(H,28,31)/b27-13-. The molecule has 0 spiro atoms. The molecule has 3 aromatic carbocycles. The third-order valence-electron chi connectivity index (χ3n) is 4.69. The molecule has 0 aliphatic heterocycles. The van der Waals surface area contributed by atoms with Gasteiger partial charge in [0.1, 0.15) is 6.54 Å². The maximum Gasteiger partial charge on any atom is 0.417 e. The summed E-state index contributed by atoms with van der Waals surface area (Å²) in [6.07, 6.45) is -3.90. The Bertz CT molecular complexity index is 1420. The lowest BCUT2D eigenvalue weighted by molar-refractivity contribution is -0.385. The van der Waals surface area contributed by atoms with Crippen LogP contribution >= 0.6 is 11.6 Å². The van der Waals surface area contributed by atoms with Gasteiger partial charge in [-0.1, -0.05) is 41.9 Å². The normalized spacial score (nSPS) is 11.9. The zero-order chi connectivity index (χ0) is 26.5. The van der Waals surface area contributed by atoms with Gasteiger partial charge in [0.2, 0.25) is 0 Å². The monoisotopic (exact) mass is 540 g/mol. The highest BCUT2D eigenvalue weighted by atomic mass is 35.5. The number of rotatable bonds is 8. The lowest BCUT2D eigenvalue weighted by atomic mass is 10.2. The molecule has 0 bridgehead atoms. The van der Waals surface area contributed by atoms with Crippen molar-refractivity contribution in [3.05, 3.63) is 99.1 Å². The van der Waals surface area contributed by atoms with Gasteiger partial charge in [0.15, 0.2) is 0 Å². The number of nitro benzene ring substituents is 1. The second-order valence-electron chi connectivity index (χ2n) is 7.10. The number of sulfonamides is 1. The molecule has 0 saturated carbocycles. The molecule has 0 fully saturated rings. The number of benzene rings is 3. The first-order chi connectivity index (χ1) is 16.9. The summed E-state index contributed by atoms with van der Waals surface area (Å²) in [6.45, 7) is -0.954. The van der Waals surface area contributed by atoms with Gasteiger partial charge < -0.3 is 0 Å². The van der Waals surface area contributed by atoms with Crippen molar-refractivity contribution >= 4 is 45.1 Å². The van der Waals surface area contributed by atoms with Gasteiger partial charge in [-0.3, -0.25) is 19.2 Å². The Hall–Kier alpha value is -3.97. The van der Waals surface area contributed by atoms with Crippen molar-refractivity contribution in [3.63, 3.8) is 0 Å². The number of hydrazone groups is 1. The highest BCUT2D eigenvalue weighted by molar-refractivity contribution is 7.92. The van der Waals surface area contributed by atoms with Crippen molar-refractivity contribution in [2.24, 2.45) is 5.10 Å². The minimum absolute atomic E-state index is 0.0593. The van der Waals surface area contributed by atoms with E-state index in [1.165, 1.54) is 54.6 Å². The number of anilines is 1. The molecule has 3 rings (SSSR count). The van der Waals surface area contributed by atoms with E-state index >= 15 is 0 Å². The van der Waals surface area contributed by atoms with Crippen LogP contribution in [-0.2, 0) is 21.0 Å². The Morgan fingerprint density at radius 3 is 2.36 bits per heavy atom. The number of hydrogen-bond acceptors (Lipinski definition) is 6. The van der Waals surface area contributed by atoms with Crippen LogP contribution in [0.15, 0.2) is 82.8 Å². The van der Waals surface area contributed by atoms with E-state index in [0.717, 1.165) is 18.3 Å². The van der Waals surface area contributed by atoms with Crippen LogP contribution in [0.3, 0.4) is 0 Å². The highest BCUT2D eigenvalue weighted by Crippen LogP contribution is 2.38. The predicted molar refractivity (Wildman–Crippen MR) is 126 cm³/mol. The zero-order valence-electron chi connectivity index (χ0n) is 18.0. The molecule has 0 aromatic heterocycles. The second kappa shape index (κ2) is 10.7. The van der Waals surface area contributed by atoms with E-state index in [1.807, 2.05) is 5.43 Å². The molecule has 1 N–H and O–H groups in total. The van der Waals surface area contributed by atoms with Crippen LogP contribution in [0, 0.1) is 10.1 Å². The molecule has 0 atom stereocenters. The van der Waals surface area contributed by atoms with E-state index in [-0.39, 0.29) is 16.1 Å². The second-order valence-corrected chi connectivity index (χ2v) is 9.37. The number of nitro groups is 1. The summed E-state index contributed by atoms with van der Waals surface area (Å²) < 4.78 is 67.1. The number of nitrogens with zero attached hydrogens (tertiary/aromatic N) is 3. The minimum Gasteiger partial charge on any atom is -0.271 e. The van der Waals surface area contributed by atoms with Crippen LogP contribution in [0.25, 0.3) is 0 Å². The summed E-state index contributed by atoms with van der Waals surface area (Å²) in [5.74, 6) is -1.02. The molecule has 0 heterocycles. The Kier molecular flexibility index (Phi) is 7.95. The van der Waals surface area contributed by atoms with E-state index in [1.54, 1.807) is 0 Å². The molecule has 0 unspecified atom stereocenters. The third kappa shape index (κ3) is 6.17. The van der Waals surface area contributed by atoms with Crippen LogP contribution < -0.4 is 9.73 Å². The molecule has 0 saturated heterocycles. The van der Waals surface area contributed by atoms with Crippen LogP contribution in [0.2, 0.25) is 5.02 Å². The fourth-order valence-corrected chi connectivity index (χ4v) is 4.68. The number of para-hydroxylation sites is 1. The average molecular weight is 541 g/mol. The summed E-state index contributed by atoms with van der Waals surface area (Å²) in [5.41, 5.74) is 0.0511. The summed E-state index contributed by atoms with van der Waals surface area (Å²) >= 11 is 5.65. The minimum atomic E-state index is -4.88. The lowest BCUT2D eigenvalue weighted by Crippen LogP contribution is -2.39. The summed E-state index contributed by atoms with van der Waals surface area (Å²) in [7, 11) is -4.50. The van der Waals surface area contributed by atoms with E-state index in [0.29, 0.717) is 10.4 Å². The predicted octanol–water partition coefficient (Wildman–Crippen LogP) is 4.61. The molecule has 3 aromatic rings. The Morgan fingerprint density at radius 1 is 1.08 bits per heavy atom. The van der Waals surface area contributed by atoms with Crippen molar-refractivity contribution in [3.8, 4) is 0 Å². The summed E-state index contributed by atoms with van der Waals surface area (Å²) in [4.78, 5) is 22.7. The van der Waals surface area contributed by atoms with Crippen molar-refractivity contribution < 1.29 is 31.3 Å². The Morgan fingerprint density at radius 2 is 1.72 bits per heavy atom. The first kappa shape index (κ1) is 26.6. The smallest absolute Gasteiger partial charge is 0.271 e. The summed E-state index contributed by atoms with van der Waals surface area (Å²) in [6, 6.07) is 14.7. The number of alkyl halides is 3. The molecule has 1 amide bonds. The maximum atomic E-state index is 13.4. The molecular formula is C22H16ClF3N4O5S. The molecule has 0 aliphatic rings. The number of hydrogen-bond donors (Lipinski definition) is 1. The van der Waals surface area contributed by atoms with E-state index in [9.17, 15) is 36.5 Å². The molecule has 14 heteroatoms. The van der Waals surface area contributed by atoms with Gasteiger partial charge in [-0.15, -0.1) is 0 Å². The number of carbonyl (C=O) groups excluding carboxylic acids is 1. The topological polar surface area (TPSA) is 122 Å². The highest BCUT2D eigenvalue weighted by Gasteiger charge is 2.35. The zero-order valence-corrected chi connectivity index (χ0v) is 19.6. The number of halogens is 4. The Balaban J connectivity index is 1.94. The SMILES string of the molecule is O=C(CN(c1ccc(Cl)c(C(F)(F)F)c1)S(=O)(=O)c1ccccc1)N/N=C\c1ccccc1[N+](=O)[O-]. The van der Waals surface area contributed by atoms with E-state index in [2.05, 4.69) is 5.10 Å². The van der Waals surface area contributed by atoms with Crippen LogP contribution in [0.4, 0.5) is 24.5 Å². The van der Waals surface area contributed by atoms with Crippen molar-refractivity contribution in [1.82, 2.24) is 5.43 Å². The average Bonchev–Trinajstić information content (AvgIpc) is 2.83. The van der Waals surface area contributed by atoms with Gasteiger partial charge in [-0.25, -0.2) is 13.8 Å². The quantitative estimate of drug-likeness (QED) is 0.254. The van der Waals surface area contributed by atoms with Gasteiger partial charge in [0.05, 0.1) is 37.9 Å². The molecule has 0 radical (unpaired) electrons.